The van der Waals surface area contributed by atoms with E-state index in [1.807, 2.05) is 6.08 Å². The number of hydrogen-bond acceptors (Lipinski definition) is 2. The summed E-state index contributed by atoms with van der Waals surface area (Å²) in [5, 5.41) is 0. The molecule has 0 fully saturated rings. The molecule has 1 aromatic carbocycles. The first kappa shape index (κ1) is 13.7. The summed E-state index contributed by atoms with van der Waals surface area (Å²) in [6, 6.07) is 6.57. The minimum atomic E-state index is -0.207. The Hall–Kier alpha value is -1.68. The summed E-state index contributed by atoms with van der Waals surface area (Å²) in [4.78, 5) is 15.7. The summed E-state index contributed by atoms with van der Waals surface area (Å²) in [5.41, 5.74) is 1.98. The minimum absolute atomic E-state index is 0.0985. The summed E-state index contributed by atoms with van der Waals surface area (Å²) in [6.45, 7) is 2.43. The number of amides is 1. The fourth-order valence-electron chi connectivity index (χ4n) is 2.18. The Labute approximate surface area is 113 Å². The van der Waals surface area contributed by atoms with E-state index in [4.69, 9.17) is 0 Å². The number of halogens is 1. The van der Waals surface area contributed by atoms with Crippen LogP contribution < -0.4 is 0 Å². The molecule has 102 valence electrons. The Morgan fingerprint density at radius 1 is 1.32 bits per heavy atom. The number of likely N-dealkylation sites (N-methyl/N-ethyl adjacent to an activating group) is 1. The molecule has 1 aliphatic rings. The quantitative estimate of drug-likeness (QED) is 0.832. The maximum absolute atomic E-state index is 12.8. The Bertz CT molecular complexity index is 479. The molecule has 19 heavy (non-hydrogen) atoms. The number of carbonyl (C=O) groups is 1. The average molecular weight is 262 g/mol. The third-order valence-electron chi connectivity index (χ3n) is 3.29. The van der Waals surface area contributed by atoms with Gasteiger partial charge >= 0.3 is 0 Å². The van der Waals surface area contributed by atoms with Crippen LogP contribution in [0.2, 0.25) is 0 Å². The first-order valence-corrected chi connectivity index (χ1v) is 6.44. The Morgan fingerprint density at radius 3 is 2.53 bits per heavy atom. The highest BCUT2D eigenvalue weighted by Gasteiger charge is 2.17. The highest BCUT2D eigenvalue weighted by Crippen LogP contribution is 2.15. The zero-order valence-electron chi connectivity index (χ0n) is 11.4. The summed E-state index contributed by atoms with van der Waals surface area (Å²) in [6.07, 6.45) is 2.77. The van der Waals surface area contributed by atoms with Gasteiger partial charge in [0, 0.05) is 39.3 Å². The molecule has 0 aromatic heterocycles. The number of nitrogens with zero attached hydrogens (tertiary/aromatic N) is 2. The molecule has 0 atom stereocenters. The van der Waals surface area contributed by atoms with Gasteiger partial charge in [0.25, 0.3) is 0 Å². The number of carbonyl (C=O) groups excluding carboxylic acids is 1. The molecule has 3 nitrogen and oxygen atoms in total. The number of rotatable bonds is 3. The normalized spacial score (nSPS) is 16.1. The van der Waals surface area contributed by atoms with Crippen LogP contribution in [0.5, 0.6) is 0 Å². The van der Waals surface area contributed by atoms with Gasteiger partial charge in [-0.3, -0.25) is 9.69 Å². The Kier molecular flexibility index (Phi) is 4.32. The van der Waals surface area contributed by atoms with E-state index in [-0.39, 0.29) is 11.7 Å². The van der Waals surface area contributed by atoms with Crippen molar-refractivity contribution in [2.45, 2.75) is 13.0 Å². The molecule has 1 aromatic rings. The molecule has 1 aliphatic heterocycles. The fourth-order valence-corrected chi connectivity index (χ4v) is 2.18. The van der Waals surface area contributed by atoms with E-state index in [1.165, 1.54) is 12.1 Å². The smallest absolute Gasteiger partial charge is 0.249 e. The lowest BCUT2D eigenvalue weighted by Crippen LogP contribution is -2.33. The van der Waals surface area contributed by atoms with Crippen molar-refractivity contribution in [2.24, 2.45) is 0 Å². The van der Waals surface area contributed by atoms with E-state index in [0.29, 0.717) is 0 Å². The van der Waals surface area contributed by atoms with Crippen molar-refractivity contribution in [3.05, 3.63) is 47.3 Å². The van der Waals surface area contributed by atoms with Gasteiger partial charge in [0.05, 0.1) is 0 Å². The van der Waals surface area contributed by atoms with Crippen molar-refractivity contribution in [2.75, 3.05) is 27.2 Å². The van der Waals surface area contributed by atoms with E-state index < -0.39 is 0 Å². The number of benzene rings is 1. The van der Waals surface area contributed by atoms with E-state index in [0.717, 1.165) is 37.2 Å². The van der Waals surface area contributed by atoms with Gasteiger partial charge in [0.2, 0.25) is 5.91 Å². The predicted molar refractivity (Wildman–Crippen MR) is 73.1 cm³/mol. The maximum Gasteiger partial charge on any atom is 0.249 e. The van der Waals surface area contributed by atoms with Gasteiger partial charge in [0.1, 0.15) is 5.82 Å². The van der Waals surface area contributed by atoms with Gasteiger partial charge in [-0.25, -0.2) is 4.39 Å². The van der Waals surface area contributed by atoms with Crippen LogP contribution in [0.15, 0.2) is 35.9 Å². The lowest BCUT2D eigenvalue weighted by atomic mass is 10.1. The van der Waals surface area contributed by atoms with Crippen LogP contribution in [0.25, 0.3) is 0 Å². The van der Waals surface area contributed by atoms with Crippen LogP contribution in [0.1, 0.15) is 12.0 Å². The van der Waals surface area contributed by atoms with Crippen molar-refractivity contribution >= 4 is 5.91 Å². The first-order chi connectivity index (χ1) is 9.06. The van der Waals surface area contributed by atoms with E-state index in [1.54, 1.807) is 31.1 Å². The summed E-state index contributed by atoms with van der Waals surface area (Å²) >= 11 is 0. The van der Waals surface area contributed by atoms with Crippen LogP contribution in [0.3, 0.4) is 0 Å². The van der Waals surface area contributed by atoms with Gasteiger partial charge in [-0.2, -0.15) is 0 Å². The van der Waals surface area contributed by atoms with Crippen LogP contribution in [-0.2, 0) is 11.3 Å². The van der Waals surface area contributed by atoms with E-state index in [9.17, 15) is 9.18 Å². The van der Waals surface area contributed by atoms with Crippen molar-refractivity contribution in [1.29, 1.82) is 0 Å². The topological polar surface area (TPSA) is 23.6 Å². The highest BCUT2D eigenvalue weighted by molar-refractivity contribution is 5.93. The molecule has 0 bridgehead atoms. The van der Waals surface area contributed by atoms with Crippen LogP contribution in [-0.4, -0.2) is 42.9 Å². The molecule has 0 N–H and O–H groups in total. The van der Waals surface area contributed by atoms with E-state index in [2.05, 4.69) is 4.90 Å². The highest BCUT2D eigenvalue weighted by atomic mass is 19.1. The molecule has 0 radical (unpaired) electrons. The molecule has 1 heterocycles. The molecular weight excluding hydrogens is 243 g/mol. The summed E-state index contributed by atoms with van der Waals surface area (Å²) < 4.78 is 12.8. The zero-order chi connectivity index (χ0) is 13.8. The van der Waals surface area contributed by atoms with Gasteiger partial charge in [-0.1, -0.05) is 18.2 Å². The largest absolute Gasteiger partial charge is 0.345 e. The molecule has 2 rings (SSSR count). The molecular formula is C15H19FN2O. The molecule has 0 saturated carbocycles. The van der Waals surface area contributed by atoms with Crippen LogP contribution in [0.4, 0.5) is 4.39 Å². The monoisotopic (exact) mass is 262 g/mol. The van der Waals surface area contributed by atoms with Gasteiger partial charge < -0.3 is 4.90 Å². The SMILES string of the molecule is CN(C)C(=O)C1=CCN(Cc2ccc(F)cc2)CC1. The molecule has 0 aliphatic carbocycles. The fraction of sp³-hybridized carbons (Fsp3) is 0.400. The molecule has 0 unspecified atom stereocenters. The Morgan fingerprint density at radius 2 is 2.00 bits per heavy atom. The summed E-state index contributed by atoms with van der Waals surface area (Å²) in [7, 11) is 3.54. The zero-order valence-corrected chi connectivity index (χ0v) is 11.4. The lowest BCUT2D eigenvalue weighted by Gasteiger charge is -2.26. The molecule has 0 saturated heterocycles. The van der Waals surface area contributed by atoms with Crippen molar-refractivity contribution in [3.63, 3.8) is 0 Å². The van der Waals surface area contributed by atoms with Crippen molar-refractivity contribution in [1.82, 2.24) is 9.80 Å². The Balaban J connectivity index is 1.93. The number of hydrogen-bond donors (Lipinski definition) is 0. The third-order valence-corrected chi connectivity index (χ3v) is 3.29. The second-order valence-corrected chi connectivity index (χ2v) is 5.04. The predicted octanol–water partition coefficient (Wildman–Crippen LogP) is 2.05. The molecule has 1 amide bonds. The van der Waals surface area contributed by atoms with Crippen LogP contribution in [0, 0.1) is 5.82 Å². The van der Waals surface area contributed by atoms with Crippen molar-refractivity contribution in [3.8, 4) is 0 Å². The van der Waals surface area contributed by atoms with E-state index >= 15 is 0 Å². The van der Waals surface area contributed by atoms with Gasteiger partial charge in [-0.15, -0.1) is 0 Å². The first-order valence-electron chi connectivity index (χ1n) is 6.44. The van der Waals surface area contributed by atoms with Crippen LogP contribution >= 0.6 is 0 Å². The standard InChI is InChI=1S/C15H19FN2O/c1-17(2)15(19)13-7-9-18(10-8-13)11-12-3-5-14(16)6-4-12/h3-7H,8-11H2,1-2H3. The third kappa shape index (κ3) is 3.64. The lowest BCUT2D eigenvalue weighted by molar-refractivity contribution is -0.125. The van der Waals surface area contributed by atoms with Gasteiger partial charge in [-0.05, 0) is 24.1 Å². The van der Waals surface area contributed by atoms with Crippen molar-refractivity contribution < 1.29 is 9.18 Å². The second kappa shape index (κ2) is 5.97. The molecule has 4 heteroatoms. The maximum atomic E-state index is 12.8. The summed E-state index contributed by atoms with van der Waals surface area (Å²) in [5.74, 6) is -0.109. The minimum Gasteiger partial charge on any atom is -0.345 e. The average Bonchev–Trinajstić information content (AvgIpc) is 2.41. The second-order valence-electron chi connectivity index (χ2n) is 5.04. The van der Waals surface area contributed by atoms with Gasteiger partial charge in [0.15, 0.2) is 0 Å². The molecule has 0 spiro atoms.